The molecule has 1 aliphatic rings. The van der Waals surface area contributed by atoms with Gasteiger partial charge < -0.3 is 15.7 Å². The molecule has 2 heterocycles. The van der Waals surface area contributed by atoms with E-state index in [2.05, 4.69) is 4.98 Å². The molecule has 1 atom stereocenters. The molecule has 1 aromatic heterocycles. The molecule has 0 spiro atoms. The molecule has 0 bridgehead atoms. The lowest BCUT2D eigenvalue weighted by Gasteiger charge is -2.25. The van der Waals surface area contributed by atoms with Crippen molar-refractivity contribution in [2.24, 2.45) is 0 Å². The van der Waals surface area contributed by atoms with Crippen molar-refractivity contribution < 1.29 is 9.90 Å². The Morgan fingerprint density at radius 2 is 2.05 bits per heavy atom. The number of hydrogen-bond acceptors (Lipinski definition) is 4. The van der Waals surface area contributed by atoms with Gasteiger partial charge in [0.15, 0.2) is 5.75 Å². The molecule has 1 amide bonds. The first-order valence-corrected chi connectivity index (χ1v) is 6.97. The lowest BCUT2D eigenvalue weighted by atomic mass is 10.0. The van der Waals surface area contributed by atoms with E-state index >= 15 is 0 Å². The number of rotatable bonds is 2. The monoisotopic (exact) mass is 283 g/mol. The average Bonchev–Trinajstić information content (AvgIpc) is 3.00. The fraction of sp³-hybridized carbons (Fsp3) is 0.250. The Kier molecular flexibility index (Phi) is 3.48. The number of aromatic hydroxyl groups is 1. The van der Waals surface area contributed by atoms with Crippen molar-refractivity contribution in [3.05, 3.63) is 53.9 Å². The Labute approximate surface area is 123 Å². The van der Waals surface area contributed by atoms with Crippen molar-refractivity contribution in [3.8, 4) is 5.75 Å². The molecule has 5 nitrogen and oxygen atoms in total. The minimum absolute atomic E-state index is 0.0290. The number of aromatic nitrogens is 1. The van der Waals surface area contributed by atoms with E-state index in [0.29, 0.717) is 6.54 Å². The van der Waals surface area contributed by atoms with Crippen LogP contribution in [0.2, 0.25) is 0 Å². The minimum atomic E-state index is -0.181. The van der Waals surface area contributed by atoms with Gasteiger partial charge in [0, 0.05) is 18.9 Å². The van der Waals surface area contributed by atoms with Gasteiger partial charge in [-0.15, -0.1) is 0 Å². The minimum Gasteiger partial charge on any atom is -0.505 e. The molecule has 1 fully saturated rings. The zero-order valence-electron chi connectivity index (χ0n) is 11.6. The summed E-state index contributed by atoms with van der Waals surface area (Å²) in [5.74, 6) is -0.318. The number of amides is 1. The van der Waals surface area contributed by atoms with Gasteiger partial charge in [0.05, 0.1) is 17.3 Å². The van der Waals surface area contributed by atoms with Crippen LogP contribution in [0.15, 0.2) is 42.7 Å². The molecule has 5 heteroatoms. The Balaban J connectivity index is 1.92. The number of phenolic OH excluding ortho intramolecular Hbond substituents is 1. The van der Waals surface area contributed by atoms with Crippen molar-refractivity contribution >= 4 is 11.6 Å². The highest BCUT2D eigenvalue weighted by Crippen LogP contribution is 2.35. The number of para-hydroxylation sites is 1. The molecule has 3 N–H and O–H groups in total. The van der Waals surface area contributed by atoms with Gasteiger partial charge in [0.25, 0.3) is 5.91 Å². The number of hydrogen-bond donors (Lipinski definition) is 2. The first-order valence-electron chi connectivity index (χ1n) is 6.97. The Morgan fingerprint density at radius 3 is 2.81 bits per heavy atom. The molecule has 21 heavy (non-hydrogen) atoms. The second kappa shape index (κ2) is 5.44. The zero-order chi connectivity index (χ0) is 14.8. The van der Waals surface area contributed by atoms with Crippen LogP contribution in [0.4, 0.5) is 5.69 Å². The highest BCUT2D eigenvalue weighted by molar-refractivity contribution is 5.98. The van der Waals surface area contributed by atoms with Crippen LogP contribution in [0.3, 0.4) is 0 Å². The maximum atomic E-state index is 12.7. The number of anilines is 1. The Morgan fingerprint density at radius 1 is 1.29 bits per heavy atom. The molecule has 0 saturated carbocycles. The normalized spacial score (nSPS) is 17.9. The number of carbonyl (C=O) groups is 1. The first kappa shape index (κ1) is 13.4. The third kappa shape index (κ3) is 2.42. The predicted octanol–water partition coefficient (Wildman–Crippen LogP) is 2.35. The smallest absolute Gasteiger partial charge is 0.258 e. The molecule has 1 aliphatic heterocycles. The maximum Gasteiger partial charge on any atom is 0.258 e. The largest absolute Gasteiger partial charge is 0.505 e. The Hall–Kier alpha value is -2.56. The molecule has 108 valence electrons. The van der Waals surface area contributed by atoms with Gasteiger partial charge in [-0.1, -0.05) is 6.07 Å². The lowest BCUT2D eigenvalue weighted by molar-refractivity contribution is 0.0732. The zero-order valence-corrected chi connectivity index (χ0v) is 11.6. The summed E-state index contributed by atoms with van der Waals surface area (Å²) >= 11 is 0. The fourth-order valence-corrected chi connectivity index (χ4v) is 2.83. The molecular formula is C16H17N3O2. The number of nitrogens with zero attached hydrogens (tertiary/aromatic N) is 2. The van der Waals surface area contributed by atoms with Gasteiger partial charge in [0.1, 0.15) is 0 Å². The summed E-state index contributed by atoms with van der Waals surface area (Å²) in [6, 6.07) is 8.75. The molecule has 1 aromatic carbocycles. The fourth-order valence-electron chi connectivity index (χ4n) is 2.83. The number of likely N-dealkylation sites (tertiary alicyclic amines) is 1. The van der Waals surface area contributed by atoms with Crippen molar-refractivity contribution in [3.63, 3.8) is 0 Å². The summed E-state index contributed by atoms with van der Waals surface area (Å²) in [6.45, 7) is 0.681. The highest BCUT2D eigenvalue weighted by atomic mass is 16.3. The summed E-state index contributed by atoms with van der Waals surface area (Å²) in [5.41, 5.74) is 7.23. The molecular weight excluding hydrogens is 266 g/mol. The van der Waals surface area contributed by atoms with Crippen LogP contribution >= 0.6 is 0 Å². The maximum absolute atomic E-state index is 12.7. The highest BCUT2D eigenvalue weighted by Gasteiger charge is 2.31. The summed E-state index contributed by atoms with van der Waals surface area (Å²) < 4.78 is 0. The first-order chi connectivity index (χ1) is 10.2. The summed E-state index contributed by atoms with van der Waals surface area (Å²) in [6.07, 6.45) is 5.32. The average molecular weight is 283 g/mol. The molecule has 1 saturated heterocycles. The second-order valence-electron chi connectivity index (χ2n) is 5.18. The number of carbonyl (C=O) groups excluding carboxylic acids is 1. The van der Waals surface area contributed by atoms with Crippen LogP contribution in [-0.4, -0.2) is 27.4 Å². The van der Waals surface area contributed by atoms with Crippen LogP contribution in [0.1, 0.15) is 34.8 Å². The van der Waals surface area contributed by atoms with Crippen molar-refractivity contribution in [2.75, 3.05) is 12.3 Å². The number of phenols is 1. The van der Waals surface area contributed by atoms with E-state index in [1.165, 1.54) is 0 Å². The molecule has 1 unspecified atom stereocenters. The number of nitrogens with two attached hydrogens (primary N) is 1. The van der Waals surface area contributed by atoms with Crippen LogP contribution in [0.25, 0.3) is 0 Å². The van der Waals surface area contributed by atoms with Crippen LogP contribution in [0.5, 0.6) is 5.75 Å². The van der Waals surface area contributed by atoms with E-state index in [4.69, 9.17) is 5.73 Å². The standard InChI is InChI=1S/C16H17N3O2/c17-13-4-1-3-12(15(13)20)16(21)19-10-2-5-14(19)11-6-8-18-9-7-11/h1,3-4,6-9,14,20H,2,5,10,17H2. The second-order valence-corrected chi connectivity index (χ2v) is 5.18. The molecule has 2 aromatic rings. The van der Waals surface area contributed by atoms with E-state index in [9.17, 15) is 9.90 Å². The summed E-state index contributed by atoms with van der Waals surface area (Å²) in [7, 11) is 0. The van der Waals surface area contributed by atoms with Crippen molar-refractivity contribution in [1.82, 2.24) is 9.88 Å². The van der Waals surface area contributed by atoms with Gasteiger partial charge >= 0.3 is 0 Å². The van der Waals surface area contributed by atoms with Crippen LogP contribution in [-0.2, 0) is 0 Å². The van der Waals surface area contributed by atoms with Crippen molar-refractivity contribution in [1.29, 1.82) is 0 Å². The van der Waals surface area contributed by atoms with Crippen LogP contribution < -0.4 is 5.73 Å². The van der Waals surface area contributed by atoms with E-state index in [0.717, 1.165) is 18.4 Å². The third-order valence-corrected chi connectivity index (χ3v) is 3.90. The Bertz CT molecular complexity index is 658. The van der Waals surface area contributed by atoms with E-state index in [1.807, 2.05) is 12.1 Å². The van der Waals surface area contributed by atoms with Gasteiger partial charge in [-0.25, -0.2) is 0 Å². The van der Waals surface area contributed by atoms with Gasteiger partial charge in [-0.2, -0.15) is 0 Å². The SMILES string of the molecule is Nc1cccc(C(=O)N2CCCC2c2ccncc2)c1O. The lowest BCUT2D eigenvalue weighted by Crippen LogP contribution is -2.30. The topological polar surface area (TPSA) is 79.5 Å². The van der Waals surface area contributed by atoms with E-state index < -0.39 is 0 Å². The summed E-state index contributed by atoms with van der Waals surface area (Å²) in [4.78, 5) is 18.5. The van der Waals surface area contributed by atoms with E-state index in [1.54, 1.807) is 35.5 Å². The van der Waals surface area contributed by atoms with E-state index in [-0.39, 0.29) is 28.9 Å². The molecule has 0 radical (unpaired) electrons. The van der Waals surface area contributed by atoms with Gasteiger partial charge in [-0.05, 0) is 42.7 Å². The number of nitrogen functional groups attached to an aromatic ring is 1. The summed E-state index contributed by atoms with van der Waals surface area (Å²) in [5, 5.41) is 10.0. The number of benzene rings is 1. The van der Waals surface area contributed by atoms with Crippen molar-refractivity contribution in [2.45, 2.75) is 18.9 Å². The van der Waals surface area contributed by atoms with Crippen LogP contribution in [0, 0.1) is 0 Å². The quantitative estimate of drug-likeness (QED) is 0.655. The molecule has 3 rings (SSSR count). The van der Waals surface area contributed by atoms with Gasteiger partial charge in [0.2, 0.25) is 0 Å². The third-order valence-electron chi connectivity index (χ3n) is 3.90. The number of pyridine rings is 1. The molecule has 0 aliphatic carbocycles. The predicted molar refractivity (Wildman–Crippen MR) is 79.8 cm³/mol. The van der Waals surface area contributed by atoms with Gasteiger partial charge in [-0.3, -0.25) is 9.78 Å².